The minimum atomic E-state index is -0.174. The van der Waals surface area contributed by atoms with Gasteiger partial charge in [-0.25, -0.2) is 0 Å². The first kappa shape index (κ1) is 17.6. The Kier molecular flexibility index (Phi) is 7.97. The molecule has 0 atom stereocenters. The second-order valence-electron chi connectivity index (χ2n) is 4.27. The van der Waals surface area contributed by atoms with Crippen molar-refractivity contribution in [2.75, 3.05) is 13.1 Å². The lowest BCUT2D eigenvalue weighted by molar-refractivity contribution is 0.0925. The van der Waals surface area contributed by atoms with E-state index in [4.69, 9.17) is 10.2 Å². The fourth-order valence-electron chi connectivity index (χ4n) is 1.71. The van der Waals surface area contributed by atoms with Crippen LogP contribution in [-0.2, 0) is 5.75 Å². The molecule has 3 N–H and O–H groups in total. The summed E-state index contributed by atoms with van der Waals surface area (Å²) in [6, 6.07) is 11.9. The molecule has 2 rings (SSSR count). The van der Waals surface area contributed by atoms with Crippen molar-refractivity contribution in [1.82, 2.24) is 5.32 Å². The van der Waals surface area contributed by atoms with Gasteiger partial charge >= 0.3 is 0 Å². The first-order chi connectivity index (χ1) is 9.81. The third kappa shape index (κ3) is 5.46. The van der Waals surface area contributed by atoms with Crippen molar-refractivity contribution < 1.29 is 9.21 Å². The highest BCUT2D eigenvalue weighted by Crippen LogP contribution is 2.24. The van der Waals surface area contributed by atoms with Gasteiger partial charge in [0.2, 0.25) is 0 Å². The average molecular weight is 327 g/mol. The van der Waals surface area contributed by atoms with E-state index in [-0.39, 0.29) is 18.3 Å². The number of hydrogen-bond acceptors (Lipinski definition) is 4. The molecular formula is C15H19ClN2O2S. The molecule has 0 fully saturated rings. The highest BCUT2D eigenvalue weighted by atomic mass is 35.5. The van der Waals surface area contributed by atoms with Crippen molar-refractivity contribution in [3.05, 3.63) is 54.0 Å². The predicted molar refractivity (Wildman–Crippen MR) is 88.0 cm³/mol. The Labute approximate surface area is 134 Å². The molecule has 0 saturated heterocycles. The Hall–Kier alpha value is -1.43. The minimum Gasteiger partial charge on any atom is -0.459 e. The molecule has 0 spiro atoms. The van der Waals surface area contributed by atoms with Crippen molar-refractivity contribution in [2.24, 2.45) is 5.73 Å². The summed E-state index contributed by atoms with van der Waals surface area (Å²) in [7, 11) is 0. The molecule has 1 aromatic carbocycles. The van der Waals surface area contributed by atoms with Crippen LogP contribution in [0.1, 0.15) is 22.5 Å². The average Bonchev–Trinajstić information content (AvgIpc) is 2.95. The van der Waals surface area contributed by atoms with Crippen LogP contribution in [0, 0.1) is 0 Å². The van der Waals surface area contributed by atoms with Gasteiger partial charge in [0.15, 0.2) is 5.76 Å². The maximum atomic E-state index is 12.0. The lowest BCUT2D eigenvalue weighted by Gasteiger charge is -2.04. The molecule has 0 aliphatic rings. The van der Waals surface area contributed by atoms with E-state index in [1.54, 1.807) is 18.0 Å². The SMILES string of the molecule is Cl.NCCCNC(=O)c1occc1CSc1ccccc1. The molecular weight excluding hydrogens is 308 g/mol. The normalized spacial score (nSPS) is 9.95. The van der Waals surface area contributed by atoms with Crippen LogP contribution in [-0.4, -0.2) is 19.0 Å². The maximum absolute atomic E-state index is 12.0. The molecule has 1 amide bonds. The number of halogens is 1. The third-order valence-electron chi connectivity index (χ3n) is 2.76. The molecule has 4 nitrogen and oxygen atoms in total. The summed E-state index contributed by atoms with van der Waals surface area (Å²) in [4.78, 5) is 13.1. The standard InChI is InChI=1S/C15H18N2O2S.ClH/c16-8-4-9-17-15(18)14-12(7-10-19-14)11-20-13-5-2-1-3-6-13;/h1-3,5-7,10H,4,8-9,11,16H2,(H,17,18);1H. The molecule has 0 aliphatic carbocycles. The highest BCUT2D eigenvalue weighted by Gasteiger charge is 2.14. The molecule has 0 radical (unpaired) electrons. The highest BCUT2D eigenvalue weighted by molar-refractivity contribution is 7.98. The van der Waals surface area contributed by atoms with Crippen molar-refractivity contribution in [3.63, 3.8) is 0 Å². The van der Waals surface area contributed by atoms with Crippen LogP contribution in [0.5, 0.6) is 0 Å². The van der Waals surface area contributed by atoms with Crippen LogP contribution in [0.15, 0.2) is 52.0 Å². The number of rotatable bonds is 7. The number of nitrogens with one attached hydrogen (secondary N) is 1. The fourth-order valence-corrected chi connectivity index (χ4v) is 2.61. The molecule has 0 unspecified atom stereocenters. The van der Waals surface area contributed by atoms with Crippen molar-refractivity contribution in [2.45, 2.75) is 17.1 Å². The number of thioether (sulfide) groups is 1. The Morgan fingerprint density at radius 3 is 2.71 bits per heavy atom. The summed E-state index contributed by atoms with van der Waals surface area (Å²) in [5.74, 6) is 0.928. The Morgan fingerprint density at radius 1 is 1.24 bits per heavy atom. The van der Waals surface area contributed by atoms with Gasteiger partial charge in [-0.05, 0) is 31.2 Å². The van der Waals surface area contributed by atoms with E-state index in [2.05, 4.69) is 5.32 Å². The monoisotopic (exact) mass is 326 g/mol. The van der Waals surface area contributed by atoms with E-state index >= 15 is 0 Å². The lowest BCUT2D eigenvalue weighted by atomic mass is 10.2. The van der Waals surface area contributed by atoms with Crippen LogP contribution in [0.3, 0.4) is 0 Å². The van der Waals surface area contributed by atoms with Gasteiger partial charge in [0, 0.05) is 22.8 Å². The fraction of sp³-hybridized carbons (Fsp3) is 0.267. The molecule has 114 valence electrons. The van der Waals surface area contributed by atoms with Gasteiger partial charge in [0.25, 0.3) is 5.91 Å². The van der Waals surface area contributed by atoms with Crippen molar-refractivity contribution >= 4 is 30.1 Å². The number of furan rings is 1. The number of carbonyl (C=O) groups excluding carboxylic acids is 1. The maximum Gasteiger partial charge on any atom is 0.287 e. The van der Waals surface area contributed by atoms with E-state index < -0.39 is 0 Å². The number of carbonyl (C=O) groups is 1. The molecule has 1 heterocycles. The van der Waals surface area contributed by atoms with Crippen LogP contribution < -0.4 is 11.1 Å². The van der Waals surface area contributed by atoms with E-state index in [9.17, 15) is 4.79 Å². The van der Waals surface area contributed by atoms with Crippen LogP contribution in [0.25, 0.3) is 0 Å². The quantitative estimate of drug-likeness (QED) is 0.606. The molecule has 21 heavy (non-hydrogen) atoms. The summed E-state index contributed by atoms with van der Waals surface area (Å²) >= 11 is 1.68. The van der Waals surface area contributed by atoms with Crippen molar-refractivity contribution in [3.8, 4) is 0 Å². The van der Waals surface area contributed by atoms with Crippen LogP contribution in [0.2, 0.25) is 0 Å². The topological polar surface area (TPSA) is 68.3 Å². The Morgan fingerprint density at radius 2 is 2.00 bits per heavy atom. The zero-order valence-corrected chi connectivity index (χ0v) is 13.2. The van der Waals surface area contributed by atoms with Gasteiger partial charge in [-0.1, -0.05) is 18.2 Å². The summed E-state index contributed by atoms with van der Waals surface area (Å²) in [6.45, 7) is 1.14. The van der Waals surface area contributed by atoms with Gasteiger partial charge in [-0.3, -0.25) is 4.79 Å². The molecule has 2 aromatic rings. The first-order valence-corrected chi connectivity index (χ1v) is 7.52. The Bertz CT molecular complexity index is 546. The minimum absolute atomic E-state index is 0. The van der Waals surface area contributed by atoms with E-state index in [0.717, 1.165) is 12.0 Å². The number of benzene rings is 1. The second kappa shape index (κ2) is 9.50. The third-order valence-corrected chi connectivity index (χ3v) is 3.82. The van der Waals surface area contributed by atoms with Gasteiger partial charge in [-0.15, -0.1) is 24.2 Å². The van der Waals surface area contributed by atoms with Gasteiger partial charge in [0.1, 0.15) is 0 Å². The van der Waals surface area contributed by atoms with Crippen LogP contribution in [0.4, 0.5) is 0 Å². The number of amides is 1. The lowest BCUT2D eigenvalue weighted by Crippen LogP contribution is -2.26. The zero-order valence-electron chi connectivity index (χ0n) is 11.6. The smallest absolute Gasteiger partial charge is 0.287 e. The molecule has 0 bridgehead atoms. The molecule has 0 saturated carbocycles. The number of nitrogens with two attached hydrogens (primary N) is 1. The predicted octanol–water partition coefficient (Wildman–Crippen LogP) is 3.07. The van der Waals surface area contributed by atoms with Crippen molar-refractivity contribution in [1.29, 1.82) is 0 Å². The van der Waals surface area contributed by atoms with Gasteiger partial charge < -0.3 is 15.5 Å². The molecule has 6 heteroatoms. The first-order valence-electron chi connectivity index (χ1n) is 6.53. The number of hydrogen-bond donors (Lipinski definition) is 2. The summed E-state index contributed by atoms with van der Waals surface area (Å²) in [5.41, 5.74) is 6.30. The van der Waals surface area contributed by atoms with E-state index in [1.165, 1.54) is 4.90 Å². The zero-order chi connectivity index (χ0) is 14.2. The summed E-state index contributed by atoms with van der Waals surface area (Å²) in [5, 5.41) is 2.80. The van der Waals surface area contributed by atoms with E-state index in [1.807, 2.05) is 36.4 Å². The molecule has 0 aliphatic heterocycles. The summed E-state index contributed by atoms with van der Waals surface area (Å²) in [6.07, 6.45) is 2.32. The summed E-state index contributed by atoms with van der Waals surface area (Å²) < 4.78 is 5.29. The largest absolute Gasteiger partial charge is 0.459 e. The van der Waals surface area contributed by atoms with Gasteiger partial charge in [0.05, 0.1) is 6.26 Å². The van der Waals surface area contributed by atoms with E-state index in [0.29, 0.717) is 24.6 Å². The molecule has 1 aromatic heterocycles. The Balaban J connectivity index is 0.00000220. The van der Waals surface area contributed by atoms with Gasteiger partial charge in [-0.2, -0.15) is 0 Å². The van der Waals surface area contributed by atoms with Crippen LogP contribution >= 0.6 is 24.2 Å². The second-order valence-corrected chi connectivity index (χ2v) is 5.32.